The van der Waals surface area contributed by atoms with Gasteiger partial charge in [-0.2, -0.15) is 0 Å². The van der Waals surface area contributed by atoms with Crippen molar-refractivity contribution in [2.24, 2.45) is 11.8 Å². The minimum Gasteiger partial charge on any atom is -0.369 e. The summed E-state index contributed by atoms with van der Waals surface area (Å²) in [5.41, 5.74) is 0.434. The highest BCUT2D eigenvalue weighted by atomic mass is 16.2. The number of carbonyl (C=O) groups is 1. The lowest BCUT2D eigenvalue weighted by atomic mass is 10.0. The van der Waals surface area contributed by atoms with Crippen molar-refractivity contribution in [1.82, 2.24) is 14.9 Å². The number of amides is 1. The number of hydrogen-bond donors (Lipinski definition) is 1. The second kappa shape index (κ2) is 5.99. The standard InChI is InChI=1S/C14H22N4O/c1-4-5-15-13-7-16-12(6-17-13)14(19)18-8-10(2)11(3)9-18/h6-7,10-11H,4-5,8-9H2,1-3H3,(H,15,17). The van der Waals surface area contributed by atoms with Crippen LogP contribution in [0.25, 0.3) is 0 Å². The molecule has 0 aliphatic carbocycles. The predicted molar refractivity (Wildman–Crippen MR) is 75.0 cm³/mol. The number of nitrogens with one attached hydrogen (secondary N) is 1. The normalized spacial score (nSPS) is 22.6. The smallest absolute Gasteiger partial charge is 0.274 e. The lowest BCUT2D eigenvalue weighted by Crippen LogP contribution is -2.29. The van der Waals surface area contributed by atoms with Gasteiger partial charge in [0.2, 0.25) is 0 Å². The highest BCUT2D eigenvalue weighted by Crippen LogP contribution is 2.23. The van der Waals surface area contributed by atoms with Crippen LogP contribution in [0.15, 0.2) is 12.4 Å². The summed E-state index contributed by atoms with van der Waals surface area (Å²) in [5.74, 6) is 1.83. The van der Waals surface area contributed by atoms with Gasteiger partial charge in [0.25, 0.3) is 5.91 Å². The minimum absolute atomic E-state index is 0.00857. The molecule has 2 atom stereocenters. The largest absolute Gasteiger partial charge is 0.369 e. The maximum Gasteiger partial charge on any atom is 0.274 e. The van der Waals surface area contributed by atoms with Crippen LogP contribution in [0.4, 0.5) is 5.82 Å². The molecule has 0 saturated carbocycles. The van der Waals surface area contributed by atoms with Crippen LogP contribution >= 0.6 is 0 Å². The topological polar surface area (TPSA) is 58.1 Å². The van der Waals surface area contributed by atoms with Crippen LogP contribution in [-0.4, -0.2) is 40.4 Å². The molecule has 0 spiro atoms. The van der Waals surface area contributed by atoms with Crippen LogP contribution in [-0.2, 0) is 0 Å². The molecule has 104 valence electrons. The predicted octanol–water partition coefficient (Wildman–Crippen LogP) is 2.03. The van der Waals surface area contributed by atoms with Crippen LogP contribution in [0.1, 0.15) is 37.7 Å². The van der Waals surface area contributed by atoms with E-state index < -0.39 is 0 Å². The Bertz CT molecular complexity index is 422. The zero-order chi connectivity index (χ0) is 13.8. The maximum atomic E-state index is 12.3. The summed E-state index contributed by atoms with van der Waals surface area (Å²) >= 11 is 0. The highest BCUT2D eigenvalue weighted by molar-refractivity contribution is 5.92. The molecule has 0 aromatic carbocycles. The van der Waals surface area contributed by atoms with Crippen molar-refractivity contribution in [3.05, 3.63) is 18.1 Å². The average molecular weight is 262 g/mol. The summed E-state index contributed by atoms with van der Waals surface area (Å²) in [6.45, 7) is 8.95. The summed E-state index contributed by atoms with van der Waals surface area (Å²) in [7, 11) is 0. The lowest BCUT2D eigenvalue weighted by Gasteiger charge is -2.15. The number of nitrogens with zero attached hydrogens (tertiary/aromatic N) is 3. The Morgan fingerprint density at radius 2 is 2.00 bits per heavy atom. The third kappa shape index (κ3) is 3.22. The van der Waals surface area contributed by atoms with Crippen LogP contribution < -0.4 is 5.32 Å². The molecule has 0 bridgehead atoms. The summed E-state index contributed by atoms with van der Waals surface area (Å²) in [5, 5.41) is 3.15. The molecule has 1 amide bonds. The summed E-state index contributed by atoms with van der Waals surface area (Å²) < 4.78 is 0. The van der Waals surface area contributed by atoms with E-state index in [1.54, 1.807) is 12.4 Å². The van der Waals surface area contributed by atoms with Gasteiger partial charge in [-0.1, -0.05) is 20.8 Å². The first kappa shape index (κ1) is 13.8. The zero-order valence-corrected chi connectivity index (χ0v) is 11.9. The number of aromatic nitrogens is 2. The van der Waals surface area contributed by atoms with Crippen molar-refractivity contribution >= 4 is 11.7 Å². The molecule has 2 heterocycles. The van der Waals surface area contributed by atoms with Gasteiger partial charge in [0.1, 0.15) is 11.5 Å². The third-order valence-corrected chi connectivity index (χ3v) is 3.70. The average Bonchev–Trinajstić information content (AvgIpc) is 2.76. The molecule has 5 heteroatoms. The first-order chi connectivity index (χ1) is 9.11. The number of anilines is 1. The van der Waals surface area contributed by atoms with E-state index in [2.05, 4.69) is 36.1 Å². The summed E-state index contributed by atoms with van der Waals surface area (Å²) in [4.78, 5) is 22.6. The number of carbonyl (C=O) groups excluding carboxylic acids is 1. The van der Waals surface area contributed by atoms with Crippen molar-refractivity contribution in [2.75, 3.05) is 25.0 Å². The molecule has 2 unspecified atom stereocenters. The zero-order valence-electron chi connectivity index (χ0n) is 11.9. The minimum atomic E-state index is -0.00857. The molecule has 1 aromatic rings. The van der Waals surface area contributed by atoms with Crippen molar-refractivity contribution in [2.45, 2.75) is 27.2 Å². The Labute approximate surface area is 114 Å². The number of hydrogen-bond acceptors (Lipinski definition) is 4. The van der Waals surface area contributed by atoms with Crippen molar-refractivity contribution in [1.29, 1.82) is 0 Å². The maximum absolute atomic E-state index is 12.3. The van der Waals surface area contributed by atoms with Crippen LogP contribution in [0, 0.1) is 11.8 Å². The van der Waals surface area contributed by atoms with Gasteiger partial charge in [0, 0.05) is 19.6 Å². The van der Waals surface area contributed by atoms with Crippen molar-refractivity contribution in [3.8, 4) is 0 Å². The first-order valence-electron chi connectivity index (χ1n) is 6.97. The number of rotatable bonds is 4. The Morgan fingerprint density at radius 3 is 2.53 bits per heavy atom. The molecule has 19 heavy (non-hydrogen) atoms. The Hall–Kier alpha value is -1.65. The molecule has 0 radical (unpaired) electrons. The molecule has 1 fully saturated rings. The van der Waals surface area contributed by atoms with Gasteiger partial charge in [-0.3, -0.25) is 4.79 Å². The lowest BCUT2D eigenvalue weighted by molar-refractivity contribution is 0.0779. The second-order valence-electron chi connectivity index (χ2n) is 5.38. The third-order valence-electron chi connectivity index (χ3n) is 3.70. The van der Waals surface area contributed by atoms with Crippen molar-refractivity contribution in [3.63, 3.8) is 0 Å². The van der Waals surface area contributed by atoms with E-state index in [9.17, 15) is 4.79 Å². The number of likely N-dealkylation sites (tertiary alicyclic amines) is 1. The van der Waals surface area contributed by atoms with E-state index in [-0.39, 0.29) is 5.91 Å². The summed E-state index contributed by atoms with van der Waals surface area (Å²) in [6, 6.07) is 0. The molecule has 1 aliphatic rings. The quantitative estimate of drug-likeness (QED) is 0.902. The Morgan fingerprint density at radius 1 is 1.32 bits per heavy atom. The molecular formula is C14H22N4O. The van der Waals surface area contributed by atoms with Gasteiger partial charge in [-0.15, -0.1) is 0 Å². The molecule has 5 nitrogen and oxygen atoms in total. The van der Waals surface area contributed by atoms with Gasteiger partial charge in [0.05, 0.1) is 12.4 Å². The van der Waals surface area contributed by atoms with E-state index in [0.717, 1.165) is 31.9 Å². The molecule has 1 N–H and O–H groups in total. The van der Waals surface area contributed by atoms with Crippen LogP contribution in [0.2, 0.25) is 0 Å². The second-order valence-corrected chi connectivity index (χ2v) is 5.38. The monoisotopic (exact) mass is 262 g/mol. The van der Waals surface area contributed by atoms with Gasteiger partial charge >= 0.3 is 0 Å². The van der Waals surface area contributed by atoms with Crippen molar-refractivity contribution < 1.29 is 4.79 Å². The molecule has 2 rings (SSSR count). The van der Waals surface area contributed by atoms with E-state index in [4.69, 9.17) is 0 Å². The molecular weight excluding hydrogens is 240 g/mol. The Balaban J connectivity index is 2.00. The molecule has 1 saturated heterocycles. The highest BCUT2D eigenvalue weighted by Gasteiger charge is 2.30. The van der Waals surface area contributed by atoms with Gasteiger partial charge in [0.15, 0.2) is 0 Å². The van der Waals surface area contributed by atoms with Gasteiger partial charge in [-0.25, -0.2) is 9.97 Å². The SMILES string of the molecule is CCCNc1cnc(C(=O)N2CC(C)C(C)C2)cn1. The van der Waals surface area contributed by atoms with Gasteiger partial charge in [-0.05, 0) is 18.3 Å². The first-order valence-corrected chi connectivity index (χ1v) is 6.97. The van der Waals surface area contributed by atoms with E-state index in [0.29, 0.717) is 17.5 Å². The Kier molecular flexibility index (Phi) is 4.35. The van der Waals surface area contributed by atoms with Crippen LogP contribution in [0.3, 0.4) is 0 Å². The fourth-order valence-corrected chi connectivity index (χ4v) is 2.24. The van der Waals surface area contributed by atoms with Gasteiger partial charge < -0.3 is 10.2 Å². The fraction of sp³-hybridized carbons (Fsp3) is 0.643. The molecule has 1 aromatic heterocycles. The van der Waals surface area contributed by atoms with E-state index >= 15 is 0 Å². The van der Waals surface area contributed by atoms with Crippen LogP contribution in [0.5, 0.6) is 0 Å². The van der Waals surface area contributed by atoms with E-state index in [1.165, 1.54) is 0 Å². The molecule has 1 aliphatic heterocycles. The summed E-state index contributed by atoms with van der Waals surface area (Å²) in [6.07, 6.45) is 4.23. The van der Waals surface area contributed by atoms with E-state index in [1.807, 2.05) is 4.90 Å². The fourth-order valence-electron chi connectivity index (χ4n) is 2.24.